The smallest absolute Gasteiger partial charge is 0.267 e. The molecule has 1 N–H and O–H groups in total. The number of aryl methyl sites for hydroxylation is 1. The van der Waals surface area contributed by atoms with Crippen molar-refractivity contribution >= 4 is 33.2 Å². The zero-order valence-corrected chi connectivity index (χ0v) is 18.4. The van der Waals surface area contributed by atoms with E-state index in [2.05, 4.69) is 5.32 Å². The molecule has 3 rings (SSSR count). The van der Waals surface area contributed by atoms with Gasteiger partial charge >= 0.3 is 0 Å². The first-order chi connectivity index (χ1) is 14.0. The number of rotatable bonds is 4. The first-order valence-corrected chi connectivity index (χ1v) is 10.8. The average molecular weight is 432 g/mol. The van der Waals surface area contributed by atoms with Crippen LogP contribution in [0.2, 0.25) is 0 Å². The molecule has 1 aliphatic rings. The van der Waals surface area contributed by atoms with Gasteiger partial charge in [0.25, 0.3) is 5.91 Å². The van der Waals surface area contributed by atoms with Gasteiger partial charge in [-0.3, -0.25) is 9.59 Å². The van der Waals surface area contributed by atoms with Gasteiger partial charge in [-0.15, -0.1) is 0 Å². The van der Waals surface area contributed by atoms with E-state index in [-0.39, 0.29) is 17.3 Å². The van der Waals surface area contributed by atoms with Crippen molar-refractivity contribution < 1.29 is 22.7 Å². The Hall–Kier alpha value is -2.91. The number of hydrogen-bond acceptors (Lipinski definition) is 5. The van der Waals surface area contributed by atoms with E-state index in [1.54, 1.807) is 44.2 Å². The van der Waals surface area contributed by atoms with Crippen molar-refractivity contribution in [3.63, 3.8) is 0 Å². The molecule has 0 aliphatic carbocycles. The molecule has 0 spiro atoms. The van der Waals surface area contributed by atoms with Gasteiger partial charge in [0.1, 0.15) is 5.75 Å². The van der Waals surface area contributed by atoms with E-state index in [0.29, 0.717) is 17.1 Å². The summed E-state index contributed by atoms with van der Waals surface area (Å²) in [6.45, 7) is 5.08. The molecule has 1 heterocycles. The molecule has 8 nitrogen and oxygen atoms in total. The number of anilines is 2. The molecule has 1 atom stereocenters. The molecule has 0 unspecified atom stereocenters. The molecule has 0 aromatic heterocycles. The van der Waals surface area contributed by atoms with Gasteiger partial charge in [0.05, 0.1) is 17.1 Å². The van der Waals surface area contributed by atoms with Gasteiger partial charge < -0.3 is 15.0 Å². The quantitative estimate of drug-likeness (QED) is 0.801. The van der Waals surface area contributed by atoms with Crippen molar-refractivity contribution in [1.29, 1.82) is 0 Å². The molecule has 160 valence electrons. The minimum absolute atomic E-state index is 0.0614. The van der Waals surface area contributed by atoms with Gasteiger partial charge in [-0.1, -0.05) is 12.1 Å². The zero-order chi connectivity index (χ0) is 22.2. The van der Waals surface area contributed by atoms with E-state index in [4.69, 9.17) is 4.74 Å². The number of ether oxygens (including phenoxy) is 1. The summed E-state index contributed by atoms with van der Waals surface area (Å²) in [7, 11) is -0.760. The van der Waals surface area contributed by atoms with E-state index in [1.807, 2.05) is 0 Å². The van der Waals surface area contributed by atoms with Crippen LogP contribution < -0.4 is 15.0 Å². The number of nitrogens with one attached hydrogen (secondary N) is 1. The van der Waals surface area contributed by atoms with Crippen LogP contribution in [0.4, 0.5) is 11.4 Å². The second kappa shape index (κ2) is 8.08. The van der Waals surface area contributed by atoms with Crippen molar-refractivity contribution in [2.45, 2.75) is 31.8 Å². The van der Waals surface area contributed by atoms with E-state index >= 15 is 0 Å². The normalized spacial score (nSPS) is 16.1. The van der Waals surface area contributed by atoms with Crippen LogP contribution in [0.25, 0.3) is 0 Å². The van der Waals surface area contributed by atoms with Crippen molar-refractivity contribution in [2.75, 3.05) is 30.9 Å². The van der Waals surface area contributed by atoms with Gasteiger partial charge in [0.15, 0.2) is 6.10 Å². The van der Waals surface area contributed by atoms with E-state index in [0.717, 1.165) is 15.4 Å². The third kappa shape index (κ3) is 4.03. The predicted molar refractivity (Wildman–Crippen MR) is 114 cm³/mol. The minimum Gasteiger partial charge on any atom is -0.476 e. The highest BCUT2D eigenvalue weighted by molar-refractivity contribution is 7.89. The lowest BCUT2D eigenvalue weighted by Gasteiger charge is -2.33. The Bertz CT molecular complexity index is 1110. The Morgan fingerprint density at radius 3 is 2.47 bits per heavy atom. The van der Waals surface area contributed by atoms with Crippen LogP contribution in [-0.4, -0.2) is 51.3 Å². The number of nitrogens with zero attached hydrogens (tertiary/aromatic N) is 2. The van der Waals surface area contributed by atoms with Crippen LogP contribution >= 0.6 is 0 Å². The number of carbonyl (C=O) groups excluding carboxylic acids is 2. The summed E-state index contributed by atoms with van der Waals surface area (Å²) < 4.78 is 32.0. The fourth-order valence-electron chi connectivity index (χ4n) is 3.20. The molecule has 9 heteroatoms. The third-order valence-electron chi connectivity index (χ3n) is 5.12. The van der Waals surface area contributed by atoms with Crippen molar-refractivity contribution in [2.24, 2.45) is 0 Å². The Kier molecular flexibility index (Phi) is 5.87. The first-order valence-electron chi connectivity index (χ1n) is 9.40. The summed E-state index contributed by atoms with van der Waals surface area (Å²) >= 11 is 0. The van der Waals surface area contributed by atoms with Crippen LogP contribution in [0.15, 0.2) is 41.3 Å². The van der Waals surface area contributed by atoms with E-state index in [1.165, 1.54) is 32.0 Å². The summed E-state index contributed by atoms with van der Waals surface area (Å²) in [5, 5.41) is 2.78. The molecule has 30 heavy (non-hydrogen) atoms. The summed E-state index contributed by atoms with van der Waals surface area (Å²) in [6.07, 6.45) is -0.933. The van der Waals surface area contributed by atoms with Crippen molar-refractivity contribution in [3.8, 4) is 5.75 Å². The topological polar surface area (TPSA) is 96.0 Å². The van der Waals surface area contributed by atoms with Crippen LogP contribution in [0, 0.1) is 13.8 Å². The molecule has 2 amide bonds. The molecule has 2 aromatic rings. The number of amides is 2. The summed E-state index contributed by atoms with van der Waals surface area (Å²) in [5.74, 6) is -0.219. The van der Waals surface area contributed by atoms with Crippen LogP contribution in [-0.2, 0) is 19.6 Å². The van der Waals surface area contributed by atoms with Crippen LogP contribution in [0.3, 0.4) is 0 Å². The van der Waals surface area contributed by atoms with Gasteiger partial charge in [-0.05, 0) is 49.2 Å². The van der Waals surface area contributed by atoms with E-state index < -0.39 is 22.0 Å². The lowest BCUT2D eigenvalue weighted by molar-refractivity contribution is -0.123. The van der Waals surface area contributed by atoms with E-state index in [9.17, 15) is 18.0 Å². The molecule has 0 saturated heterocycles. The highest BCUT2D eigenvalue weighted by Crippen LogP contribution is 2.34. The number of fused-ring (bicyclic) bond motifs is 1. The highest BCUT2D eigenvalue weighted by atomic mass is 32.2. The second-order valence-electron chi connectivity index (χ2n) is 7.39. The maximum Gasteiger partial charge on any atom is 0.267 e. The molecular weight excluding hydrogens is 406 g/mol. The van der Waals surface area contributed by atoms with Gasteiger partial charge in [-0.2, -0.15) is 0 Å². The standard InChI is InChI=1S/C21H25N3O5S/c1-13-10-16(30(27,28)23(4)5)11-17(14(13)2)22-21(26)20-12-24(15(3)25)18-8-6-7-9-19(18)29-20/h6-11,20H,12H2,1-5H3,(H,22,26)/t20-/m1/s1. The fraction of sp³-hybridized carbons (Fsp3) is 0.333. The first kappa shape index (κ1) is 21.8. The molecule has 0 bridgehead atoms. The van der Waals surface area contributed by atoms with Gasteiger partial charge in [-0.25, -0.2) is 12.7 Å². The number of hydrogen-bond donors (Lipinski definition) is 1. The molecule has 0 saturated carbocycles. The lowest BCUT2D eigenvalue weighted by atomic mass is 10.1. The Balaban J connectivity index is 1.91. The summed E-state index contributed by atoms with van der Waals surface area (Å²) in [5.41, 5.74) is 2.48. The Morgan fingerprint density at radius 1 is 1.17 bits per heavy atom. The molecule has 0 fully saturated rings. The summed E-state index contributed by atoms with van der Waals surface area (Å²) in [6, 6.07) is 10.0. The maximum atomic E-state index is 13.0. The van der Waals surface area contributed by atoms with Gasteiger partial charge in [0.2, 0.25) is 15.9 Å². The number of sulfonamides is 1. The van der Waals surface area contributed by atoms with Crippen molar-refractivity contribution in [1.82, 2.24) is 4.31 Å². The summed E-state index contributed by atoms with van der Waals surface area (Å²) in [4.78, 5) is 26.6. The lowest BCUT2D eigenvalue weighted by Crippen LogP contribution is -2.48. The second-order valence-corrected chi connectivity index (χ2v) is 9.55. The maximum absolute atomic E-state index is 13.0. The van der Waals surface area contributed by atoms with Crippen LogP contribution in [0.5, 0.6) is 5.75 Å². The number of carbonyl (C=O) groups is 2. The van der Waals surface area contributed by atoms with Crippen molar-refractivity contribution in [3.05, 3.63) is 47.5 Å². The number of benzene rings is 2. The monoisotopic (exact) mass is 431 g/mol. The largest absolute Gasteiger partial charge is 0.476 e. The highest BCUT2D eigenvalue weighted by Gasteiger charge is 2.33. The zero-order valence-electron chi connectivity index (χ0n) is 17.6. The van der Waals surface area contributed by atoms with Gasteiger partial charge in [0, 0.05) is 26.7 Å². The number of para-hydroxylation sites is 2. The molecule has 0 radical (unpaired) electrons. The van der Waals surface area contributed by atoms with Crippen LogP contribution in [0.1, 0.15) is 18.1 Å². The third-order valence-corrected chi connectivity index (χ3v) is 6.92. The molecule has 2 aromatic carbocycles. The Morgan fingerprint density at radius 2 is 1.83 bits per heavy atom. The SMILES string of the molecule is CC(=O)N1C[C@H](C(=O)Nc2cc(S(=O)(=O)N(C)C)cc(C)c2C)Oc2ccccc21. The average Bonchev–Trinajstić information content (AvgIpc) is 2.69. The molecule has 1 aliphatic heterocycles. The fourth-order valence-corrected chi connectivity index (χ4v) is 4.21. The predicted octanol–water partition coefficient (Wildman–Crippen LogP) is 2.31. The minimum atomic E-state index is -3.66. The molecular formula is C21H25N3O5S. The Labute approximate surface area is 176 Å².